The average Bonchev–Trinajstić information content (AvgIpc) is 3.25. The second-order valence-corrected chi connectivity index (χ2v) is 5.70. The van der Waals surface area contributed by atoms with Crippen molar-refractivity contribution >= 4 is 5.69 Å². The fraction of sp³-hybridized carbons (Fsp3) is 0.643. The van der Waals surface area contributed by atoms with Crippen LogP contribution in [0.15, 0.2) is 18.3 Å². The SMILES string of the molecule is NNc1ccnc(CN2CCN(CC3CC3)CC2)c1. The van der Waals surface area contributed by atoms with Gasteiger partial charge in [0.05, 0.1) is 11.4 Å². The van der Waals surface area contributed by atoms with Crippen LogP contribution in [0.5, 0.6) is 0 Å². The molecule has 0 bridgehead atoms. The molecule has 0 spiro atoms. The van der Waals surface area contributed by atoms with Crippen LogP contribution in [-0.2, 0) is 6.54 Å². The summed E-state index contributed by atoms with van der Waals surface area (Å²) in [5.41, 5.74) is 4.69. The Hall–Kier alpha value is -1.17. The van der Waals surface area contributed by atoms with Crippen LogP contribution in [0, 0.1) is 5.92 Å². The van der Waals surface area contributed by atoms with E-state index >= 15 is 0 Å². The summed E-state index contributed by atoms with van der Waals surface area (Å²) in [6, 6.07) is 3.91. The zero-order valence-corrected chi connectivity index (χ0v) is 11.4. The molecule has 1 aliphatic carbocycles. The van der Waals surface area contributed by atoms with Crippen LogP contribution in [-0.4, -0.2) is 47.5 Å². The Morgan fingerprint density at radius 2 is 1.95 bits per heavy atom. The highest BCUT2D eigenvalue weighted by Crippen LogP contribution is 2.29. The third-order valence-electron chi connectivity index (χ3n) is 4.05. The van der Waals surface area contributed by atoms with E-state index in [4.69, 9.17) is 5.84 Å². The molecule has 0 atom stereocenters. The molecular weight excluding hydrogens is 238 g/mol. The number of rotatable bonds is 5. The van der Waals surface area contributed by atoms with Gasteiger partial charge >= 0.3 is 0 Å². The summed E-state index contributed by atoms with van der Waals surface area (Å²) in [5, 5.41) is 0. The van der Waals surface area contributed by atoms with E-state index in [1.807, 2.05) is 18.3 Å². The standard InChI is InChI=1S/C14H23N5/c15-17-13-3-4-16-14(9-13)11-19-7-5-18(6-8-19)10-12-1-2-12/h3-4,9,12H,1-2,5-8,10-11,15H2,(H,16,17). The monoisotopic (exact) mass is 261 g/mol. The molecule has 1 aliphatic heterocycles. The molecule has 2 heterocycles. The molecule has 2 aliphatic rings. The van der Waals surface area contributed by atoms with E-state index in [9.17, 15) is 0 Å². The number of piperazine rings is 1. The van der Waals surface area contributed by atoms with Gasteiger partial charge in [-0.2, -0.15) is 0 Å². The normalized spacial score (nSPS) is 21.5. The van der Waals surface area contributed by atoms with Crippen molar-refractivity contribution < 1.29 is 0 Å². The summed E-state index contributed by atoms with van der Waals surface area (Å²) in [5.74, 6) is 6.42. The van der Waals surface area contributed by atoms with Crippen molar-refractivity contribution in [3.8, 4) is 0 Å². The van der Waals surface area contributed by atoms with Gasteiger partial charge in [-0.3, -0.25) is 15.7 Å². The lowest BCUT2D eigenvalue weighted by Crippen LogP contribution is -2.46. The number of hydrogen-bond acceptors (Lipinski definition) is 5. The molecule has 0 aromatic carbocycles. The third kappa shape index (κ3) is 3.65. The first-order chi connectivity index (χ1) is 9.33. The summed E-state index contributed by atoms with van der Waals surface area (Å²) in [6.45, 7) is 6.94. The van der Waals surface area contributed by atoms with Gasteiger partial charge in [0.25, 0.3) is 0 Å². The molecule has 3 rings (SSSR count). The predicted octanol–water partition coefficient (Wildman–Crippen LogP) is 0.895. The van der Waals surface area contributed by atoms with Crippen LogP contribution in [0.1, 0.15) is 18.5 Å². The minimum Gasteiger partial charge on any atom is -0.324 e. The average molecular weight is 261 g/mol. The van der Waals surface area contributed by atoms with Crippen LogP contribution in [0.25, 0.3) is 0 Å². The maximum atomic E-state index is 5.42. The van der Waals surface area contributed by atoms with Crippen molar-refractivity contribution in [2.75, 3.05) is 38.1 Å². The van der Waals surface area contributed by atoms with E-state index in [1.54, 1.807) is 0 Å². The molecule has 1 aromatic rings. The van der Waals surface area contributed by atoms with Crippen molar-refractivity contribution in [3.63, 3.8) is 0 Å². The van der Waals surface area contributed by atoms with Crippen molar-refractivity contribution in [2.24, 2.45) is 11.8 Å². The van der Waals surface area contributed by atoms with Crippen molar-refractivity contribution in [1.82, 2.24) is 14.8 Å². The minimum atomic E-state index is 0.923. The van der Waals surface area contributed by atoms with Crippen molar-refractivity contribution in [1.29, 1.82) is 0 Å². The maximum Gasteiger partial charge on any atom is 0.0564 e. The Morgan fingerprint density at radius 1 is 1.21 bits per heavy atom. The Labute approximate surface area is 114 Å². The van der Waals surface area contributed by atoms with Crippen LogP contribution >= 0.6 is 0 Å². The molecule has 1 aromatic heterocycles. The molecule has 1 saturated carbocycles. The second-order valence-electron chi connectivity index (χ2n) is 5.70. The number of pyridine rings is 1. The van der Waals surface area contributed by atoms with Crippen LogP contribution in [0.3, 0.4) is 0 Å². The van der Waals surface area contributed by atoms with E-state index in [1.165, 1.54) is 32.5 Å². The number of hydrazine groups is 1. The van der Waals surface area contributed by atoms with Gasteiger partial charge in [0.15, 0.2) is 0 Å². The Morgan fingerprint density at radius 3 is 2.63 bits per heavy atom. The van der Waals surface area contributed by atoms with Gasteiger partial charge in [-0.25, -0.2) is 0 Å². The number of nitrogens with one attached hydrogen (secondary N) is 1. The maximum absolute atomic E-state index is 5.42. The highest BCUT2D eigenvalue weighted by molar-refractivity contribution is 5.41. The van der Waals surface area contributed by atoms with E-state index < -0.39 is 0 Å². The van der Waals surface area contributed by atoms with E-state index in [-0.39, 0.29) is 0 Å². The summed E-state index contributed by atoms with van der Waals surface area (Å²) in [4.78, 5) is 9.50. The Bertz CT molecular complexity index is 410. The topological polar surface area (TPSA) is 57.4 Å². The van der Waals surface area contributed by atoms with Gasteiger partial charge in [0.2, 0.25) is 0 Å². The molecule has 0 amide bonds. The van der Waals surface area contributed by atoms with Crippen LogP contribution in [0.4, 0.5) is 5.69 Å². The lowest BCUT2D eigenvalue weighted by molar-refractivity contribution is 0.122. The van der Waals surface area contributed by atoms with E-state index in [2.05, 4.69) is 20.2 Å². The van der Waals surface area contributed by atoms with Gasteiger partial charge in [-0.1, -0.05) is 0 Å². The third-order valence-corrected chi connectivity index (χ3v) is 4.05. The number of aromatic nitrogens is 1. The Balaban J connectivity index is 1.48. The highest BCUT2D eigenvalue weighted by Gasteiger charge is 2.26. The molecule has 19 heavy (non-hydrogen) atoms. The molecule has 104 valence electrons. The molecule has 0 unspecified atom stereocenters. The highest BCUT2D eigenvalue weighted by atomic mass is 15.3. The van der Waals surface area contributed by atoms with Gasteiger partial charge in [0, 0.05) is 45.5 Å². The molecule has 2 fully saturated rings. The molecule has 5 heteroatoms. The number of nitrogen functional groups attached to an aromatic ring is 1. The fourth-order valence-electron chi connectivity index (χ4n) is 2.68. The number of nitrogens with two attached hydrogens (primary N) is 1. The van der Waals surface area contributed by atoms with Crippen LogP contribution < -0.4 is 11.3 Å². The zero-order chi connectivity index (χ0) is 13.1. The molecular formula is C14H23N5. The summed E-state index contributed by atoms with van der Waals surface area (Å²) in [6.07, 6.45) is 4.71. The Kier molecular flexibility index (Phi) is 3.96. The first-order valence-corrected chi connectivity index (χ1v) is 7.20. The molecule has 5 nitrogen and oxygen atoms in total. The van der Waals surface area contributed by atoms with Crippen molar-refractivity contribution in [3.05, 3.63) is 24.0 Å². The number of hydrogen-bond donors (Lipinski definition) is 2. The number of nitrogens with zero attached hydrogens (tertiary/aromatic N) is 3. The molecule has 1 saturated heterocycles. The van der Waals surface area contributed by atoms with Gasteiger partial charge in [0.1, 0.15) is 0 Å². The first-order valence-electron chi connectivity index (χ1n) is 7.20. The zero-order valence-electron chi connectivity index (χ0n) is 11.4. The van der Waals surface area contributed by atoms with Crippen molar-refractivity contribution in [2.45, 2.75) is 19.4 Å². The number of anilines is 1. The fourth-order valence-corrected chi connectivity index (χ4v) is 2.68. The summed E-state index contributed by atoms with van der Waals surface area (Å²) >= 11 is 0. The largest absolute Gasteiger partial charge is 0.324 e. The van der Waals surface area contributed by atoms with E-state index in [0.29, 0.717) is 0 Å². The minimum absolute atomic E-state index is 0.923. The second kappa shape index (κ2) is 5.86. The molecule has 0 radical (unpaired) electrons. The van der Waals surface area contributed by atoms with Gasteiger partial charge in [-0.15, -0.1) is 0 Å². The lowest BCUT2D eigenvalue weighted by atomic mass is 10.2. The van der Waals surface area contributed by atoms with Gasteiger partial charge in [-0.05, 0) is 30.9 Å². The van der Waals surface area contributed by atoms with Gasteiger partial charge < -0.3 is 10.3 Å². The smallest absolute Gasteiger partial charge is 0.0564 e. The predicted molar refractivity (Wildman–Crippen MR) is 76.5 cm³/mol. The quantitative estimate of drug-likeness (QED) is 0.609. The summed E-state index contributed by atoms with van der Waals surface area (Å²) < 4.78 is 0. The lowest BCUT2D eigenvalue weighted by Gasteiger charge is -2.34. The first kappa shape index (κ1) is 12.8. The van der Waals surface area contributed by atoms with E-state index in [0.717, 1.165) is 36.9 Å². The van der Waals surface area contributed by atoms with Crippen LogP contribution in [0.2, 0.25) is 0 Å². The molecule has 3 N–H and O–H groups in total. The summed E-state index contributed by atoms with van der Waals surface area (Å²) in [7, 11) is 0.